The number of hydrogen-bond donors (Lipinski definition) is 0. The van der Waals surface area contributed by atoms with Crippen molar-refractivity contribution in [2.24, 2.45) is 11.3 Å². The molecule has 0 saturated carbocycles. The van der Waals surface area contributed by atoms with Gasteiger partial charge < -0.3 is 9.47 Å². The lowest BCUT2D eigenvalue weighted by atomic mass is 9.92. The number of allylic oxidation sites excluding steroid dienone is 5. The highest BCUT2D eigenvalue weighted by molar-refractivity contribution is 5.61. The predicted molar refractivity (Wildman–Crippen MR) is 107 cm³/mol. The molecule has 0 radical (unpaired) electrons. The van der Waals surface area contributed by atoms with E-state index in [4.69, 9.17) is 9.47 Å². The Kier molecular flexibility index (Phi) is 10.5. The fourth-order valence-electron chi connectivity index (χ4n) is 2.02. The fraction of sp³-hybridized carbons (Fsp3) is 0.682. The molecule has 0 aromatic heterocycles. The summed E-state index contributed by atoms with van der Waals surface area (Å²) >= 11 is 0. The minimum atomic E-state index is -0.699. The summed E-state index contributed by atoms with van der Waals surface area (Å²) in [7, 11) is 0. The molecule has 0 spiro atoms. The largest absolute Gasteiger partial charge is 0.509 e. The lowest BCUT2D eigenvalue weighted by molar-refractivity contribution is -0.0108. The predicted octanol–water partition coefficient (Wildman–Crippen LogP) is 6.85. The first-order chi connectivity index (χ1) is 11.5. The monoisotopic (exact) mass is 350 g/mol. The van der Waals surface area contributed by atoms with Crippen LogP contribution in [0.3, 0.4) is 0 Å². The average molecular weight is 351 g/mol. The number of ether oxygens (including phenoxy) is 2. The molecule has 0 heterocycles. The zero-order valence-corrected chi connectivity index (χ0v) is 17.5. The number of carbonyl (C=O) groups is 1. The van der Waals surface area contributed by atoms with E-state index >= 15 is 0 Å². The van der Waals surface area contributed by atoms with Crippen LogP contribution in [0.5, 0.6) is 0 Å². The smallest absolute Gasteiger partial charge is 0.434 e. The summed E-state index contributed by atoms with van der Waals surface area (Å²) in [6.45, 7) is 16.7. The van der Waals surface area contributed by atoms with Gasteiger partial charge in [-0.2, -0.15) is 0 Å². The summed E-state index contributed by atoms with van der Waals surface area (Å²) in [5.41, 5.74) is 0.333. The quantitative estimate of drug-likeness (QED) is 0.245. The summed E-state index contributed by atoms with van der Waals surface area (Å²) in [5.74, 6) is 0.697. The van der Waals surface area contributed by atoms with Crippen molar-refractivity contribution in [1.82, 2.24) is 0 Å². The lowest BCUT2D eigenvalue weighted by Crippen LogP contribution is -2.29. The Balaban J connectivity index is 4.43. The maximum absolute atomic E-state index is 11.9. The normalized spacial score (nSPS) is 13.9. The van der Waals surface area contributed by atoms with E-state index in [2.05, 4.69) is 58.9 Å². The summed E-state index contributed by atoms with van der Waals surface area (Å²) in [6, 6.07) is 0. The van der Waals surface area contributed by atoms with Crippen LogP contribution in [0.2, 0.25) is 0 Å². The third kappa shape index (κ3) is 13.5. The SMILES string of the molecule is CCC(C)(C)COC(=O)OC(C)(C)/C=C(C)/C=C\C/C=C\CC(C)C. The van der Waals surface area contributed by atoms with Gasteiger partial charge in [-0.3, -0.25) is 0 Å². The van der Waals surface area contributed by atoms with Gasteiger partial charge in [0.25, 0.3) is 0 Å². The van der Waals surface area contributed by atoms with E-state index in [1.165, 1.54) is 0 Å². The van der Waals surface area contributed by atoms with Crippen LogP contribution in [-0.4, -0.2) is 18.4 Å². The molecule has 0 saturated heterocycles. The average Bonchev–Trinajstić information content (AvgIpc) is 2.47. The van der Waals surface area contributed by atoms with Crippen molar-refractivity contribution in [3.63, 3.8) is 0 Å². The molecule has 0 rings (SSSR count). The van der Waals surface area contributed by atoms with Crippen LogP contribution in [0.25, 0.3) is 0 Å². The highest BCUT2D eigenvalue weighted by atomic mass is 16.7. The topological polar surface area (TPSA) is 35.5 Å². The van der Waals surface area contributed by atoms with Crippen LogP contribution >= 0.6 is 0 Å². The van der Waals surface area contributed by atoms with Crippen LogP contribution in [-0.2, 0) is 9.47 Å². The number of carbonyl (C=O) groups excluding carboxylic acids is 1. The van der Waals surface area contributed by atoms with Gasteiger partial charge in [-0.15, -0.1) is 0 Å². The number of hydrogen-bond acceptors (Lipinski definition) is 3. The van der Waals surface area contributed by atoms with Gasteiger partial charge in [-0.1, -0.05) is 64.5 Å². The first-order valence-electron chi connectivity index (χ1n) is 9.34. The van der Waals surface area contributed by atoms with Crippen molar-refractivity contribution in [1.29, 1.82) is 0 Å². The lowest BCUT2D eigenvalue weighted by Gasteiger charge is -2.25. The fourth-order valence-corrected chi connectivity index (χ4v) is 2.02. The van der Waals surface area contributed by atoms with Crippen molar-refractivity contribution in [2.75, 3.05) is 6.61 Å². The zero-order valence-electron chi connectivity index (χ0n) is 17.5. The Morgan fingerprint density at radius 3 is 2.28 bits per heavy atom. The van der Waals surface area contributed by atoms with Gasteiger partial charge in [-0.05, 0) is 57.4 Å². The molecule has 0 aromatic carbocycles. The standard InChI is InChI=1S/C22H38O3/c1-9-21(5,6)17-24-20(23)25-22(7,8)16-19(4)15-13-11-10-12-14-18(2)3/h10,12-13,15-16,18H,9,11,14,17H2,1-8H3/b12-10-,15-13-,19-16+. The maximum Gasteiger partial charge on any atom is 0.509 e. The second kappa shape index (κ2) is 11.2. The van der Waals surface area contributed by atoms with Crippen molar-refractivity contribution in [3.8, 4) is 0 Å². The summed E-state index contributed by atoms with van der Waals surface area (Å²) < 4.78 is 10.7. The van der Waals surface area contributed by atoms with Crippen LogP contribution in [0.15, 0.2) is 36.0 Å². The molecule has 0 fully saturated rings. The van der Waals surface area contributed by atoms with Crippen LogP contribution in [0.4, 0.5) is 4.79 Å². The third-order valence-corrected chi connectivity index (χ3v) is 3.89. The van der Waals surface area contributed by atoms with Gasteiger partial charge >= 0.3 is 6.16 Å². The second-order valence-electron chi connectivity index (χ2n) is 8.39. The highest BCUT2D eigenvalue weighted by Gasteiger charge is 2.24. The van der Waals surface area contributed by atoms with E-state index in [0.29, 0.717) is 12.5 Å². The van der Waals surface area contributed by atoms with Crippen molar-refractivity contribution in [3.05, 3.63) is 36.0 Å². The molecule has 0 N–H and O–H groups in total. The van der Waals surface area contributed by atoms with Gasteiger partial charge in [0.1, 0.15) is 12.2 Å². The molecule has 0 aliphatic rings. The molecule has 3 nitrogen and oxygen atoms in total. The van der Waals surface area contributed by atoms with Gasteiger partial charge in [0.05, 0.1) is 0 Å². The molecule has 0 aromatic rings. The van der Waals surface area contributed by atoms with Crippen molar-refractivity contribution < 1.29 is 14.3 Å². The third-order valence-electron chi connectivity index (χ3n) is 3.89. The van der Waals surface area contributed by atoms with Gasteiger partial charge in [0.2, 0.25) is 0 Å². The number of rotatable bonds is 10. The molecule has 0 atom stereocenters. The van der Waals surface area contributed by atoms with Crippen LogP contribution in [0, 0.1) is 11.3 Å². The van der Waals surface area contributed by atoms with E-state index in [-0.39, 0.29) is 5.41 Å². The first-order valence-corrected chi connectivity index (χ1v) is 9.34. The molecule has 0 unspecified atom stereocenters. The van der Waals surface area contributed by atoms with Gasteiger partial charge in [-0.25, -0.2) is 4.79 Å². The summed E-state index contributed by atoms with van der Waals surface area (Å²) in [5, 5.41) is 0. The molecule has 3 heteroatoms. The van der Waals surface area contributed by atoms with E-state index < -0.39 is 11.8 Å². The Morgan fingerprint density at radius 1 is 1.08 bits per heavy atom. The van der Waals surface area contributed by atoms with Crippen LogP contribution in [0.1, 0.15) is 74.7 Å². The minimum absolute atomic E-state index is 0.0270. The highest BCUT2D eigenvalue weighted by Crippen LogP contribution is 2.21. The summed E-state index contributed by atoms with van der Waals surface area (Å²) in [6.07, 6.45) is 12.8. The van der Waals surface area contributed by atoms with Crippen LogP contribution < -0.4 is 0 Å². The minimum Gasteiger partial charge on any atom is -0.434 e. The Bertz CT molecular complexity index is 480. The Hall–Kier alpha value is -1.51. The molecule has 0 amide bonds. The first kappa shape index (κ1) is 23.5. The van der Waals surface area contributed by atoms with Gasteiger partial charge in [0, 0.05) is 0 Å². The van der Waals surface area contributed by atoms with Crippen molar-refractivity contribution in [2.45, 2.75) is 80.3 Å². The Morgan fingerprint density at radius 2 is 1.72 bits per heavy atom. The molecule has 0 bridgehead atoms. The molecular weight excluding hydrogens is 312 g/mol. The molecule has 144 valence electrons. The Labute approximate surface area is 155 Å². The molecule has 0 aliphatic heterocycles. The van der Waals surface area contributed by atoms with E-state index in [9.17, 15) is 4.79 Å². The maximum atomic E-state index is 11.9. The van der Waals surface area contributed by atoms with Gasteiger partial charge in [0.15, 0.2) is 0 Å². The molecule has 25 heavy (non-hydrogen) atoms. The molecular formula is C22H38O3. The second-order valence-corrected chi connectivity index (χ2v) is 8.39. The molecule has 0 aliphatic carbocycles. The van der Waals surface area contributed by atoms with E-state index in [1.807, 2.05) is 26.8 Å². The summed E-state index contributed by atoms with van der Waals surface area (Å²) in [4.78, 5) is 11.9. The zero-order chi connectivity index (χ0) is 19.5. The van der Waals surface area contributed by atoms with Crippen molar-refractivity contribution >= 4 is 6.16 Å². The van der Waals surface area contributed by atoms with E-state index in [0.717, 1.165) is 24.8 Å². The van der Waals surface area contributed by atoms with E-state index in [1.54, 1.807) is 0 Å².